The molecular formula is C57H92O6. The lowest BCUT2D eigenvalue weighted by atomic mass is 10.1. The van der Waals surface area contributed by atoms with Crippen LogP contribution in [0, 0.1) is 0 Å². The Kier molecular flexibility index (Phi) is 47.5. The fourth-order valence-corrected chi connectivity index (χ4v) is 6.59. The molecule has 0 aromatic rings. The lowest BCUT2D eigenvalue weighted by molar-refractivity contribution is -0.167. The smallest absolute Gasteiger partial charge is 0.306 e. The topological polar surface area (TPSA) is 78.9 Å². The van der Waals surface area contributed by atoms with Crippen molar-refractivity contribution in [2.24, 2.45) is 0 Å². The molecule has 0 saturated heterocycles. The van der Waals surface area contributed by atoms with Crippen LogP contribution in [0.3, 0.4) is 0 Å². The molecule has 0 heterocycles. The van der Waals surface area contributed by atoms with Gasteiger partial charge in [-0.25, -0.2) is 0 Å². The second-order valence-electron chi connectivity index (χ2n) is 16.5. The van der Waals surface area contributed by atoms with E-state index in [2.05, 4.69) is 57.2 Å². The van der Waals surface area contributed by atoms with Crippen molar-refractivity contribution in [1.82, 2.24) is 0 Å². The summed E-state index contributed by atoms with van der Waals surface area (Å²) in [6, 6.07) is 0. The summed E-state index contributed by atoms with van der Waals surface area (Å²) >= 11 is 0. The number of carbonyl (C=O) groups is 3. The highest BCUT2D eigenvalue weighted by molar-refractivity contribution is 5.71. The van der Waals surface area contributed by atoms with Crippen molar-refractivity contribution < 1.29 is 28.6 Å². The van der Waals surface area contributed by atoms with Gasteiger partial charge >= 0.3 is 17.9 Å². The Hall–Kier alpha value is -3.93. The van der Waals surface area contributed by atoms with Crippen LogP contribution in [0.5, 0.6) is 0 Å². The summed E-state index contributed by atoms with van der Waals surface area (Å²) in [4.78, 5) is 37.9. The summed E-state index contributed by atoms with van der Waals surface area (Å²) in [5, 5.41) is 0. The Labute approximate surface area is 387 Å². The van der Waals surface area contributed by atoms with Gasteiger partial charge in [0.15, 0.2) is 6.10 Å². The molecule has 0 spiro atoms. The summed E-state index contributed by atoms with van der Waals surface area (Å²) in [6.45, 7) is 6.39. The van der Waals surface area contributed by atoms with E-state index in [0.717, 1.165) is 96.3 Å². The second kappa shape index (κ2) is 50.7. The van der Waals surface area contributed by atoms with Crippen molar-refractivity contribution in [3.8, 4) is 0 Å². The van der Waals surface area contributed by atoms with E-state index in [0.29, 0.717) is 19.3 Å². The molecule has 0 bridgehead atoms. The van der Waals surface area contributed by atoms with Gasteiger partial charge in [0, 0.05) is 19.3 Å². The van der Waals surface area contributed by atoms with Crippen LogP contribution < -0.4 is 0 Å². The average molecular weight is 873 g/mol. The Balaban J connectivity index is 4.53. The van der Waals surface area contributed by atoms with Crippen LogP contribution in [0.1, 0.15) is 213 Å². The maximum atomic E-state index is 12.8. The van der Waals surface area contributed by atoms with Crippen LogP contribution in [0.2, 0.25) is 0 Å². The highest BCUT2D eigenvalue weighted by Gasteiger charge is 2.19. The van der Waals surface area contributed by atoms with Crippen molar-refractivity contribution >= 4 is 17.9 Å². The second-order valence-corrected chi connectivity index (χ2v) is 16.5. The van der Waals surface area contributed by atoms with E-state index < -0.39 is 6.10 Å². The van der Waals surface area contributed by atoms with Gasteiger partial charge in [0.25, 0.3) is 0 Å². The van der Waals surface area contributed by atoms with Gasteiger partial charge in [0.05, 0.1) is 0 Å². The summed E-state index contributed by atoms with van der Waals surface area (Å²) < 4.78 is 16.7. The quantitative estimate of drug-likeness (QED) is 0.0199. The SMILES string of the molecule is CC\C=C/C=C\C=C/C=C\C=C\C=C/C=C\CCCCCC(=O)OCC(COC(=O)CCCCCCC/C=C\CCCCC)OC(=O)CCCCC/C=C\CCCCCCCCC. The number of hydrogen-bond donors (Lipinski definition) is 0. The molecule has 63 heavy (non-hydrogen) atoms. The van der Waals surface area contributed by atoms with Gasteiger partial charge in [0.2, 0.25) is 0 Å². The van der Waals surface area contributed by atoms with E-state index >= 15 is 0 Å². The molecule has 1 unspecified atom stereocenters. The molecule has 0 N–H and O–H groups in total. The maximum Gasteiger partial charge on any atom is 0.306 e. The first-order chi connectivity index (χ1) is 31.0. The van der Waals surface area contributed by atoms with Gasteiger partial charge in [-0.15, -0.1) is 0 Å². The van der Waals surface area contributed by atoms with Crippen LogP contribution in [-0.2, 0) is 28.6 Å². The van der Waals surface area contributed by atoms with Crippen molar-refractivity contribution in [2.45, 2.75) is 219 Å². The summed E-state index contributed by atoms with van der Waals surface area (Å²) in [7, 11) is 0. The fourth-order valence-electron chi connectivity index (χ4n) is 6.59. The van der Waals surface area contributed by atoms with Crippen molar-refractivity contribution in [1.29, 1.82) is 0 Å². The Bertz CT molecular complexity index is 1330. The molecule has 0 aromatic heterocycles. The summed E-state index contributed by atoms with van der Waals surface area (Å²) in [6.07, 6.45) is 67.8. The molecule has 1 atom stereocenters. The predicted octanol–water partition coefficient (Wildman–Crippen LogP) is 16.8. The zero-order valence-electron chi connectivity index (χ0n) is 40.5. The predicted molar refractivity (Wildman–Crippen MR) is 270 cm³/mol. The maximum absolute atomic E-state index is 12.8. The lowest BCUT2D eigenvalue weighted by Crippen LogP contribution is -2.30. The third-order valence-corrected chi connectivity index (χ3v) is 10.4. The van der Waals surface area contributed by atoms with E-state index in [1.165, 1.54) is 77.0 Å². The van der Waals surface area contributed by atoms with E-state index in [4.69, 9.17) is 14.2 Å². The molecule has 6 nitrogen and oxygen atoms in total. The van der Waals surface area contributed by atoms with Gasteiger partial charge in [0.1, 0.15) is 13.2 Å². The Morgan fingerprint density at radius 3 is 1.06 bits per heavy atom. The lowest BCUT2D eigenvalue weighted by Gasteiger charge is -2.18. The molecule has 0 fully saturated rings. The molecular weight excluding hydrogens is 781 g/mol. The van der Waals surface area contributed by atoms with Gasteiger partial charge in [-0.05, 0) is 89.9 Å². The van der Waals surface area contributed by atoms with Crippen molar-refractivity contribution in [2.75, 3.05) is 13.2 Å². The van der Waals surface area contributed by atoms with Crippen LogP contribution in [0.15, 0.2) is 109 Å². The number of ether oxygens (including phenoxy) is 3. The molecule has 0 rings (SSSR count). The molecule has 356 valence electrons. The fraction of sp³-hybridized carbons (Fsp3) is 0.632. The number of carbonyl (C=O) groups excluding carboxylic acids is 3. The van der Waals surface area contributed by atoms with Crippen molar-refractivity contribution in [3.05, 3.63) is 109 Å². The zero-order chi connectivity index (χ0) is 45.8. The Morgan fingerprint density at radius 1 is 0.333 bits per heavy atom. The first kappa shape index (κ1) is 59.1. The first-order valence-electron chi connectivity index (χ1n) is 25.5. The minimum Gasteiger partial charge on any atom is -0.462 e. The molecule has 0 aliphatic rings. The number of rotatable bonds is 44. The Morgan fingerprint density at radius 2 is 0.635 bits per heavy atom. The minimum absolute atomic E-state index is 0.105. The molecule has 0 aliphatic heterocycles. The minimum atomic E-state index is -0.809. The van der Waals surface area contributed by atoms with E-state index in [9.17, 15) is 14.4 Å². The van der Waals surface area contributed by atoms with E-state index in [1.807, 2.05) is 72.9 Å². The van der Waals surface area contributed by atoms with Crippen LogP contribution in [0.25, 0.3) is 0 Å². The van der Waals surface area contributed by atoms with Crippen molar-refractivity contribution in [3.63, 3.8) is 0 Å². The highest BCUT2D eigenvalue weighted by Crippen LogP contribution is 2.13. The number of esters is 3. The first-order valence-corrected chi connectivity index (χ1v) is 25.5. The molecule has 0 aliphatic carbocycles. The van der Waals surface area contributed by atoms with E-state index in [1.54, 1.807) is 0 Å². The van der Waals surface area contributed by atoms with Crippen LogP contribution in [-0.4, -0.2) is 37.2 Å². The van der Waals surface area contributed by atoms with Gasteiger partial charge in [-0.3, -0.25) is 14.4 Å². The normalized spacial score (nSPS) is 13.0. The average Bonchev–Trinajstić information content (AvgIpc) is 3.28. The van der Waals surface area contributed by atoms with Gasteiger partial charge in [-0.2, -0.15) is 0 Å². The number of hydrogen-bond acceptors (Lipinski definition) is 6. The van der Waals surface area contributed by atoms with E-state index in [-0.39, 0.29) is 31.1 Å². The van der Waals surface area contributed by atoms with Gasteiger partial charge < -0.3 is 14.2 Å². The summed E-state index contributed by atoms with van der Waals surface area (Å²) in [5.74, 6) is -0.982. The monoisotopic (exact) mass is 873 g/mol. The number of allylic oxidation sites excluding steroid dienone is 18. The zero-order valence-corrected chi connectivity index (χ0v) is 40.5. The van der Waals surface area contributed by atoms with Crippen LogP contribution in [0.4, 0.5) is 0 Å². The molecule has 0 aromatic carbocycles. The standard InChI is InChI=1S/C57H92O6/c1-4-7-10-13-16-19-22-25-27-28-29-30-31-33-35-38-41-44-47-50-56(59)62-53-54(52-61-55(58)49-46-43-40-37-34-24-21-18-15-12-9-6-3)63-57(60)51-48-45-42-39-36-32-26-23-20-17-14-11-8-5-2/h7,10,13,16,18-19,21-22,25,27-33,35-36,54H,4-6,8-9,11-12,14-15,17,20,23-24,26,34,37-53H2,1-3H3/b10-7-,16-13-,21-18-,22-19-,27-25-,29-28+,31-30-,35-33-,36-32-. The molecule has 0 radical (unpaired) electrons. The molecule has 6 heteroatoms. The third kappa shape index (κ3) is 49.0. The summed E-state index contributed by atoms with van der Waals surface area (Å²) in [5.41, 5.74) is 0. The number of unbranched alkanes of at least 4 members (excludes halogenated alkanes) is 21. The van der Waals surface area contributed by atoms with Gasteiger partial charge in [-0.1, -0.05) is 214 Å². The highest BCUT2D eigenvalue weighted by atomic mass is 16.6. The molecule has 0 saturated carbocycles. The molecule has 0 amide bonds. The third-order valence-electron chi connectivity index (χ3n) is 10.4. The van der Waals surface area contributed by atoms with Crippen LogP contribution >= 0.6 is 0 Å². The largest absolute Gasteiger partial charge is 0.462 e.